The van der Waals surface area contributed by atoms with E-state index in [4.69, 9.17) is 5.26 Å². The molecule has 0 atom stereocenters. The van der Waals surface area contributed by atoms with Gasteiger partial charge in [0.25, 0.3) is 0 Å². The molecule has 0 bridgehead atoms. The predicted molar refractivity (Wildman–Crippen MR) is 39.2 cm³/mol. The van der Waals surface area contributed by atoms with E-state index >= 15 is 0 Å². The van der Waals surface area contributed by atoms with Gasteiger partial charge in [-0.05, 0) is 11.6 Å². The molecule has 0 heterocycles. The van der Waals surface area contributed by atoms with Crippen LogP contribution in [0.3, 0.4) is 0 Å². The van der Waals surface area contributed by atoms with Crippen LogP contribution in [0.2, 0.25) is 0 Å². The van der Waals surface area contributed by atoms with E-state index in [1.165, 1.54) is 0 Å². The molecule has 0 saturated heterocycles. The van der Waals surface area contributed by atoms with Crippen molar-refractivity contribution in [2.45, 2.75) is 6.61 Å². The fraction of sp³-hybridized carbons (Fsp3) is 0.125. The number of aldehydes is 1. The molecule has 1 aromatic rings. The largest absolute Gasteiger partial charge is 0.298 e. The van der Waals surface area contributed by atoms with Gasteiger partial charge in [0.05, 0.1) is 0 Å². The normalized spacial score (nSPS) is 9.55. The van der Waals surface area contributed by atoms with E-state index in [0.717, 1.165) is 11.8 Å². The third kappa shape index (κ3) is 2.14. The van der Waals surface area contributed by atoms with Gasteiger partial charge in [-0.2, -0.15) is 0 Å². The highest BCUT2D eigenvalue weighted by Crippen LogP contribution is 2.03. The first-order valence-corrected chi connectivity index (χ1v) is 3.17. The van der Waals surface area contributed by atoms with Crippen LogP contribution in [0.4, 0.5) is 0 Å². The van der Waals surface area contributed by atoms with Gasteiger partial charge in [-0.1, -0.05) is 18.2 Å². The SMILES string of the molecule is O=Cc1cccc(COO)c1. The summed E-state index contributed by atoms with van der Waals surface area (Å²) in [6, 6.07) is 6.85. The maximum atomic E-state index is 10.3. The summed E-state index contributed by atoms with van der Waals surface area (Å²) in [7, 11) is 0. The maximum absolute atomic E-state index is 10.3. The van der Waals surface area contributed by atoms with Crippen LogP contribution in [0.5, 0.6) is 0 Å². The Morgan fingerprint density at radius 1 is 1.55 bits per heavy atom. The predicted octanol–water partition coefficient (Wildman–Crippen LogP) is 1.49. The molecule has 58 valence electrons. The second-order valence-electron chi connectivity index (χ2n) is 2.14. The summed E-state index contributed by atoms with van der Waals surface area (Å²) in [4.78, 5) is 14.2. The molecule has 0 aliphatic rings. The first kappa shape index (κ1) is 7.91. The highest BCUT2D eigenvalue weighted by atomic mass is 17.1. The molecule has 1 N–H and O–H groups in total. The quantitative estimate of drug-likeness (QED) is 0.405. The number of rotatable bonds is 3. The smallest absolute Gasteiger partial charge is 0.150 e. The highest BCUT2D eigenvalue weighted by Gasteiger charge is 1.93. The summed E-state index contributed by atoms with van der Waals surface area (Å²) in [6.45, 7) is 0.113. The van der Waals surface area contributed by atoms with Gasteiger partial charge in [0.1, 0.15) is 12.9 Å². The third-order valence-electron chi connectivity index (χ3n) is 1.32. The summed E-state index contributed by atoms with van der Waals surface area (Å²) < 4.78 is 0. The van der Waals surface area contributed by atoms with Crippen molar-refractivity contribution in [3.8, 4) is 0 Å². The Morgan fingerprint density at radius 3 is 3.00 bits per heavy atom. The second kappa shape index (κ2) is 3.85. The van der Waals surface area contributed by atoms with Crippen LogP contribution in [0, 0.1) is 0 Å². The van der Waals surface area contributed by atoms with Crippen LogP contribution >= 0.6 is 0 Å². The van der Waals surface area contributed by atoms with Crippen LogP contribution < -0.4 is 0 Å². The lowest BCUT2D eigenvalue weighted by molar-refractivity contribution is -0.253. The van der Waals surface area contributed by atoms with Gasteiger partial charge in [-0.15, -0.1) is 0 Å². The zero-order valence-corrected chi connectivity index (χ0v) is 5.86. The van der Waals surface area contributed by atoms with Crippen LogP contribution in [0.1, 0.15) is 15.9 Å². The Bertz CT molecular complexity index is 245. The van der Waals surface area contributed by atoms with Crippen LogP contribution in [0.25, 0.3) is 0 Å². The minimum Gasteiger partial charge on any atom is -0.298 e. The second-order valence-corrected chi connectivity index (χ2v) is 2.14. The summed E-state index contributed by atoms with van der Waals surface area (Å²) in [5, 5.41) is 8.09. The van der Waals surface area contributed by atoms with Gasteiger partial charge in [0.2, 0.25) is 0 Å². The number of hydrogen-bond acceptors (Lipinski definition) is 3. The number of carbonyl (C=O) groups excluding carboxylic acids is 1. The van der Waals surface area contributed by atoms with E-state index in [1.807, 2.05) is 0 Å². The molecule has 1 rings (SSSR count). The molecule has 0 fully saturated rings. The molecule has 0 aromatic heterocycles. The molecule has 3 nitrogen and oxygen atoms in total. The van der Waals surface area contributed by atoms with Crippen LogP contribution in [-0.4, -0.2) is 11.5 Å². The van der Waals surface area contributed by atoms with Crippen molar-refractivity contribution in [3.63, 3.8) is 0 Å². The average Bonchev–Trinajstić information content (AvgIpc) is 2.06. The van der Waals surface area contributed by atoms with Crippen molar-refractivity contribution in [1.29, 1.82) is 0 Å². The van der Waals surface area contributed by atoms with Gasteiger partial charge < -0.3 is 0 Å². The van der Waals surface area contributed by atoms with Crippen molar-refractivity contribution in [2.24, 2.45) is 0 Å². The van der Waals surface area contributed by atoms with Crippen molar-refractivity contribution in [3.05, 3.63) is 35.4 Å². The first-order valence-electron chi connectivity index (χ1n) is 3.17. The molecule has 0 aliphatic carbocycles. The Labute approximate surface area is 64.2 Å². The van der Waals surface area contributed by atoms with Gasteiger partial charge in [-0.25, -0.2) is 4.89 Å². The number of benzene rings is 1. The zero-order valence-electron chi connectivity index (χ0n) is 5.86. The number of carbonyl (C=O) groups is 1. The topological polar surface area (TPSA) is 46.5 Å². The van der Waals surface area contributed by atoms with Crippen molar-refractivity contribution < 1.29 is 14.9 Å². The minimum absolute atomic E-state index is 0.113. The van der Waals surface area contributed by atoms with Gasteiger partial charge in [0.15, 0.2) is 0 Å². The molecule has 0 radical (unpaired) electrons. The molecule has 0 unspecified atom stereocenters. The van der Waals surface area contributed by atoms with E-state index in [1.54, 1.807) is 24.3 Å². The number of hydrogen-bond donors (Lipinski definition) is 1. The Kier molecular flexibility index (Phi) is 2.77. The average molecular weight is 152 g/mol. The van der Waals surface area contributed by atoms with E-state index in [0.29, 0.717) is 5.56 Å². The first-order chi connectivity index (χ1) is 5.36. The Hall–Kier alpha value is -1.19. The summed E-state index contributed by atoms with van der Waals surface area (Å²) >= 11 is 0. The van der Waals surface area contributed by atoms with Crippen molar-refractivity contribution in [2.75, 3.05) is 0 Å². The molecule has 3 heteroatoms. The summed E-state index contributed by atoms with van der Waals surface area (Å²) in [5.74, 6) is 0. The standard InChI is InChI=1S/C8H8O3/c9-5-7-2-1-3-8(4-7)6-11-10/h1-5,10H,6H2. The van der Waals surface area contributed by atoms with Gasteiger partial charge >= 0.3 is 0 Å². The van der Waals surface area contributed by atoms with E-state index in [9.17, 15) is 4.79 Å². The van der Waals surface area contributed by atoms with E-state index < -0.39 is 0 Å². The van der Waals surface area contributed by atoms with E-state index in [2.05, 4.69) is 4.89 Å². The Morgan fingerprint density at radius 2 is 2.36 bits per heavy atom. The van der Waals surface area contributed by atoms with Crippen molar-refractivity contribution >= 4 is 6.29 Å². The molecule has 11 heavy (non-hydrogen) atoms. The lowest BCUT2D eigenvalue weighted by atomic mass is 10.1. The molecular formula is C8H8O3. The fourth-order valence-corrected chi connectivity index (χ4v) is 0.831. The third-order valence-corrected chi connectivity index (χ3v) is 1.32. The fourth-order valence-electron chi connectivity index (χ4n) is 0.831. The molecule has 0 spiro atoms. The molecule has 0 saturated carbocycles. The van der Waals surface area contributed by atoms with Crippen LogP contribution in [-0.2, 0) is 11.5 Å². The maximum Gasteiger partial charge on any atom is 0.150 e. The minimum atomic E-state index is 0.113. The Balaban J connectivity index is 2.82. The molecule has 0 amide bonds. The summed E-state index contributed by atoms with van der Waals surface area (Å²) in [5.41, 5.74) is 1.36. The summed E-state index contributed by atoms with van der Waals surface area (Å²) in [6.07, 6.45) is 0.751. The lowest BCUT2D eigenvalue weighted by Crippen LogP contribution is -1.89. The van der Waals surface area contributed by atoms with Crippen LogP contribution in [0.15, 0.2) is 24.3 Å². The van der Waals surface area contributed by atoms with Crippen molar-refractivity contribution in [1.82, 2.24) is 0 Å². The van der Waals surface area contributed by atoms with Gasteiger partial charge in [-0.3, -0.25) is 10.1 Å². The zero-order chi connectivity index (χ0) is 8.10. The van der Waals surface area contributed by atoms with E-state index in [-0.39, 0.29) is 6.61 Å². The molecular weight excluding hydrogens is 144 g/mol. The monoisotopic (exact) mass is 152 g/mol. The molecule has 0 aliphatic heterocycles. The molecule has 1 aromatic carbocycles. The van der Waals surface area contributed by atoms with Gasteiger partial charge in [0, 0.05) is 5.56 Å². The lowest BCUT2D eigenvalue weighted by Gasteiger charge is -1.96. The highest BCUT2D eigenvalue weighted by molar-refractivity contribution is 5.74.